The summed E-state index contributed by atoms with van der Waals surface area (Å²) in [4.78, 5) is 4.03. The van der Waals surface area contributed by atoms with Crippen LogP contribution in [0.1, 0.15) is 64.1 Å². The fourth-order valence-corrected chi connectivity index (χ4v) is 12.0. The lowest BCUT2D eigenvalue weighted by Gasteiger charge is -2.34. The van der Waals surface area contributed by atoms with Gasteiger partial charge in [-0.3, -0.25) is 0 Å². The van der Waals surface area contributed by atoms with E-state index in [2.05, 4.69) is 219 Å². The zero-order valence-electron chi connectivity index (χ0n) is 33.8. The quantitative estimate of drug-likeness (QED) is 0.162. The first-order valence-corrected chi connectivity index (χ1v) is 22.0. The Hall–Kier alpha value is -6.74. The van der Waals surface area contributed by atoms with Crippen LogP contribution in [0.15, 0.2) is 194 Å². The van der Waals surface area contributed by atoms with Crippen LogP contribution in [0.5, 0.6) is 0 Å². The molecular weight excluding hydrogens is 743 g/mol. The molecule has 1 aromatic heterocycles. The molecule has 0 aliphatic heterocycles. The number of nitrogens with zero attached hydrogens (tertiary/aromatic N) is 1. The van der Waals surface area contributed by atoms with Crippen LogP contribution in [-0.4, -0.2) is 0 Å². The highest BCUT2D eigenvalue weighted by Crippen LogP contribution is 2.60. The van der Waals surface area contributed by atoms with Gasteiger partial charge in [-0.2, -0.15) is 0 Å². The van der Waals surface area contributed by atoms with Crippen molar-refractivity contribution in [3.8, 4) is 33.4 Å². The minimum atomic E-state index is -0.490. The Bertz CT molecular complexity index is 3130. The molecule has 0 fully saturated rings. The number of benzene rings is 8. The van der Waals surface area contributed by atoms with Crippen LogP contribution in [0.2, 0.25) is 0 Å². The molecule has 286 valence electrons. The highest BCUT2D eigenvalue weighted by molar-refractivity contribution is 7.19. The number of hydrogen-bond acceptors (Lipinski definition) is 2. The molecule has 0 saturated carbocycles. The van der Waals surface area contributed by atoms with Gasteiger partial charge in [0.15, 0.2) is 0 Å². The third-order valence-corrected chi connectivity index (χ3v) is 14.9. The monoisotopic (exact) mass is 785 g/mol. The number of rotatable bonds is 6. The van der Waals surface area contributed by atoms with Gasteiger partial charge >= 0.3 is 0 Å². The van der Waals surface area contributed by atoms with Crippen molar-refractivity contribution < 1.29 is 0 Å². The number of thiophene rings is 1. The van der Waals surface area contributed by atoms with Gasteiger partial charge in [0.05, 0.1) is 11.1 Å². The summed E-state index contributed by atoms with van der Waals surface area (Å²) in [6.07, 6.45) is 6.93. The van der Waals surface area contributed by atoms with E-state index in [1.165, 1.54) is 93.0 Å². The summed E-state index contributed by atoms with van der Waals surface area (Å²) in [6, 6.07) is 70.7. The van der Waals surface area contributed by atoms with Gasteiger partial charge in [0.1, 0.15) is 0 Å². The average Bonchev–Trinajstić information content (AvgIpc) is 3.91. The first kappa shape index (κ1) is 35.2. The van der Waals surface area contributed by atoms with E-state index in [9.17, 15) is 0 Å². The molecule has 3 aliphatic carbocycles. The summed E-state index contributed by atoms with van der Waals surface area (Å²) in [6.45, 7) is 4.75. The van der Waals surface area contributed by atoms with E-state index >= 15 is 0 Å². The molecule has 0 unspecified atom stereocenters. The topological polar surface area (TPSA) is 3.24 Å². The number of allylic oxidation sites excluding steroid dienone is 1. The molecular formula is C58H43NS. The van der Waals surface area contributed by atoms with Crippen molar-refractivity contribution in [1.82, 2.24) is 0 Å². The van der Waals surface area contributed by atoms with Gasteiger partial charge in [0, 0.05) is 37.3 Å². The average molecular weight is 786 g/mol. The lowest BCUT2D eigenvalue weighted by atomic mass is 9.68. The predicted octanol–water partition coefficient (Wildman–Crippen LogP) is 15.7. The zero-order chi connectivity index (χ0) is 40.0. The van der Waals surface area contributed by atoms with Crippen molar-refractivity contribution in [1.29, 1.82) is 0 Å². The molecule has 0 saturated heterocycles. The molecule has 0 amide bonds. The first-order valence-electron chi connectivity index (χ1n) is 21.2. The highest BCUT2D eigenvalue weighted by atomic mass is 32.1. The Kier molecular flexibility index (Phi) is 7.86. The second kappa shape index (κ2) is 13.4. The van der Waals surface area contributed by atoms with Crippen LogP contribution in [0.3, 0.4) is 0 Å². The second-order valence-electron chi connectivity index (χ2n) is 17.1. The van der Waals surface area contributed by atoms with Crippen molar-refractivity contribution in [2.24, 2.45) is 0 Å². The fourth-order valence-electron chi connectivity index (χ4n) is 10.9. The number of hydrogen-bond donors (Lipinski definition) is 0. The molecule has 0 bridgehead atoms. The fraction of sp³-hybridized carbons (Fsp3) is 0.103. The summed E-state index contributed by atoms with van der Waals surface area (Å²) < 4.78 is 1.38. The van der Waals surface area contributed by atoms with Crippen molar-refractivity contribution in [2.75, 3.05) is 4.90 Å². The van der Waals surface area contributed by atoms with Gasteiger partial charge < -0.3 is 4.90 Å². The number of aryl methyl sites for hydroxylation is 1. The summed E-state index contributed by atoms with van der Waals surface area (Å²) in [7, 11) is 0. The van der Waals surface area contributed by atoms with Gasteiger partial charge in [0.2, 0.25) is 0 Å². The van der Waals surface area contributed by atoms with Gasteiger partial charge in [-0.25, -0.2) is 0 Å². The van der Waals surface area contributed by atoms with Gasteiger partial charge in [-0.15, -0.1) is 11.3 Å². The van der Waals surface area contributed by atoms with E-state index < -0.39 is 5.41 Å². The third-order valence-electron chi connectivity index (χ3n) is 13.6. The van der Waals surface area contributed by atoms with E-state index in [-0.39, 0.29) is 5.41 Å². The van der Waals surface area contributed by atoms with E-state index in [1.54, 1.807) is 0 Å². The molecule has 1 heterocycles. The van der Waals surface area contributed by atoms with Crippen molar-refractivity contribution in [3.05, 3.63) is 238 Å². The molecule has 12 rings (SSSR count). The molecule has 0 radical (unpaired) electrons. The normalized spacial score (nSPS) is 14.9. The van der Waals surface area contributed by atoms with Crippen molar-refractivity contribution in [3.63, 3.8) is 0 Å². The maximum Gasteiger partial charge on any atom is 0.0714 e. The Morgan fingerprint density at radius 3 is 1.90 bits per heavy atom. The molecule has 2 heteroatoms. The third kappa shape index (κ3) is 5.04. The first-order chi connectivity index (χ1) is 29.5. The smallest absolute Gasteiger partial charge is 0.0714 e. The lowest BCUT2D eigenvalue weighted by molar-refractivity contribution is 0.660. The van der Waals surface area contributed by atoms with Gasteiger partial charge in [-0.1, -0.05) is 172 Å². The summed E-state index contributed by atoms with van der Waals surface area (Å²) >= 11 is 1.95. The van der Waals surface area contributed by atoms with Crippen LogP contribution < -0.4 is 4.90 Å². The maximum absolute atomic E-state index is 2.52. The zero-order valence-corrected chi connectivity index (χ0v) is 34.6. The maximum atomic E-state index is 2.52. The highest BCUT2D eigenvalue weighted by Gasteiger charge is 2.47. The van der Waals surface area contributed by atoms with E-state index in [1.807, 2.05) is 11.3 Å². The summed E-state index contributed by atoms with van der Waals surface area (Å²) in [5.41, 5.74) is 19.8. The Balaban J connectivity index is 1.08. The van der Waals surface area contributed by atoms with Crippen LogP contribution in [0.25, 0.3) is 49.5 Å². The lowest BCUT2D eigenvalue weighted by Crippen LogP contribution is -2.28. The van der Waals surface area contributed by atoms with Crippen LogP contribution >= 0.6 is 11.3 Å². The predicted molar refractivity (Wildman–Crippen MR) is 254 cm³/mol. The number of fused-ring (bicyclic) bond motifs is 9. The molecule has 0 N–H and O–H groups in total. The minimum absolute atomic E-state index is 0.132. The van der Waals surface area contributed by atoms with Gasteiger partial charge in [0.25, 0.3) is 0 Å². The Labute approximate surface area is 356 Å². The van der Waals surface area contributed by atoms with Crippen LogP contribution in [0.4, 0.5) is 17.1 Å². The molecule has 1 nitrogen and oxygen atoms in total. The summed E-state index contributed by atoms with van der Waals surface area (Å²) in [5, 5.41) is 1.37. The molecule has 0 atom stereocenters. The number of anilines is 3. The molecule has 8 aromatic carbocycles. The molecule has 60 heavy (non-hydrogen) atoms. The van der Waals surface area contributed by atoms with E-state index in [4.69, 9.17) is 0 Å². The Morgan fingerprint density at radius 2 is 1.13 bits per heavy atom. The van der Waals surface area contributed by atoms with Crippen molar-refractivity contribution >= 4 is 44.6 Å². The van der Waals surface area contributed by atoms with Gasteiger partial charge in [-0.05, 0) is 122 Å². The largest absolute Gasteiger partial charge is 0.310 e. The molecule has 0 spiro atoms. The van der Waals surface area contributed by atoms with Crippen molar-refractivity contribution in [2.45, 2.75) is 37.5 Å². The molecule has 9 aromatic rings. The van der Waals surface area contributed by atoms with E-state index in [0.717, 1.165) is 24.2 Å². The SMILES string of the molecule is CC1(C)c2ccccc2-c2ccc(N(c3ccc(-c4ccc5sc6c(c5c4)C=CCC6)cc3)c3cccc4c3-c3ccccc3C4(c3ccccc3)c3ccccc3)cc21. The standard InChI is InChI=1S/C58H43NS/c1-57(2)49-23-12-9-20-44(49)45-34-33-43(37-52(45)57)59(42-31-28-38(29-32-42)39-30-35-55-48(36-39)46-21-11-14-27-54(46)60-55)53-26-15-25-51-56(53)47-22-10-13-24-50(47)58(51,40-16-5-3-6-17-40)41-18-7-4-8-19-41/h3-13,15-26,28-37H,14,27H2,1-2H3. The summed E-state index contributed by atoms with van der Waals surface area (Å²) in [5.74, 6) is 0. The van der Waals surface area contributed by atoms with E-state index in [0.29, 0.717) is 0 Å². The Morgan fingerprint density at radius 1 is 0.500 bits per heavy atom. The van der Waals surface area contributed by atoms with Crippen LogP contribution in [0, 0.1) is 0 Å². The minimum Gasteiger partial charge on any atom is -0.310 e. The van der Waals surface area contributed by atoms with Crippen LogP contribution in [-0.2, 0) is 17.3 Å². The molecule has 3 aliphatic rings. The second-order valence-corrected chi connectivity index (χ2v) is 18.2.